The molecule has 0 saturated heterocycles. The molecule has 0 rings (SSSR count). The minimum absolute atomic E-state index is 0.481. The van der Waals surface area contributed by atoms with Crippen LogP contribution in [0.3, 0.4) is 0 Å². The fourth-order valence-corrected chi connectivity index (χ4v) is 0. The molecule has 0 fully saturated rings. The molecule has 0 radical (unpaired) electrons. The van der Waals surface area contributed by atoms with Crippen molar-refractivity contribution < 1.29 is 24.6 Å². The standard InChI is InChI=1S/2C3H5NO.CH2O3/c2*1-2-3(4)5;2-1(3)4/h2*2H,1H2,(H2,4,5);(H2,2,3,4). The highest BCUT2D eigenvalue weighted by molar-refractivity contribution is 5.85. The Balaban J connectivity index is -0.000000131. The SMILES string of the molecule is C=CC(N)=O.C=CC(N)=O.O=C(O)O. The van der Waals surface area contributed by atoms with E-state index in [0.29, 0.717) is 0 Å². The Labute approximate surface area is 80.3 Å². The predicted molar refractivity (Wildman–Crippen MR) is 49.4 cm³/mol. The summed E-state index contributed by atoms with van der Waals surface area (Å²) in [5.41, 5.74) is 9.07. The minimum Gasteiger partial charge on any atom is -0.450 e. The zero-order chi connectivity index (χ0) is 12.1. The third kappa shape index (κ3) is 256. The molecule has 7 nitrogen and oxygen atoms in total. The number of carbonyl (C=O) groups excluding carboxylic acids is 2. The first-order chi connectivity index (χ1) is 6.27. The van der Waals surface area contributed by atoms with Crippen LogP contribution >= 0.6 is 0 Å². The lowest BCUT2D eigenvalue weighted by molar-refractivity contribution is -0.114. The molecule has 0 bridgehead atoms. The topological polar surface area (TPSA) is 144 Å². The summed E-state index contributed by atoms with van der Waals surface area (Å²) in [4.78, 5) is 27.5. The van der Waals surface area contributed by atoms with E-state index in [1.54, 1.807) is 0 Å². The minimum atomic E-state index is -1.83. The van der Waals surface area contributed by atoms with E-state index in [9.17, 15) is 9.59 Å². The Bertz CT molecular complexity index is 202. The third-order valence-electron chi connectivity index (χ3n) is 0.402. The number of primary amides is 2. The van der Waals surface area contributed by atoms with Gasteiger partial charge in [0.15, 0.2) is 0 Å². The average Bonchev–Trinajstić information content (AvgIpc) is 2.04. The molecule has 6 N–H and O–H groups in total. The van der Waals surface area contributed by atoms with Gasteiger partial charge in [-0.15, -0.1) is 0 Å². The fraction of sp³-hybridized carbons (Fsp3) is 0. The van der Waals surface area contributed by atoms with Crippen molar-refractivity contribution in [3.8, 4) is 0 Å². The summed E-state index contributed by atoms with van der Waals surface area (Å²) in [5.74, 6) is -0.963. The summed E-state index contributed by atoms with van der Waals surface area (Å²) in [5, 5.41) is 13.9. The molecular formula is C7H12N2O5. The normalized spacial score (nSPS) is 6.29. The molecule has 0 aromatic rings. The summed E-state index contributed by atoms with van der Waals surface area (Å²) >= 11 is 0. The molecule has 0 heterocycles. The molecule has 0 saturated carbocycles. The van der Waals surface area contributed by atoms with Gasteiger partial charge in [-0.05, 0) is 12.2 Å². The van der Waals surface area contributed by atoms with Crippen LogP contribution in [0, 0.1) is 0 Å². The molecular weight excluding hydrogens is 192 g/mol. The zero-order valence-electron chi connectivity index (χ0n) is 7.34. The van der Waals surface area contributed by atoms with Crippen molar-refractivity contribution in [2.45, 2.75) is 0 Å². The lowest BCUT2D eigenvalue weighted by atomic mass is 10.6. The highest BCUT2D eigenvalue weighted by Gasteiger charge is 1.70. The summed E-state index contributed by atoms with van der Waals surface area (Å²) < 4.78 is 0. The van der Waals surface area contributed by atoms with Crippen molar-refractivity contribution in [1.82, 2.24) is 0 Å². The van der Waals surface area contributed by atoms with Crippen molar-refractivity contribution in [2.24, 2.45) is 11.5 Å². The van der Waals surface area contributed by atoms with Crippen LogP contribution in [0.5, 0.6) is 0 Å². The first-order valence-corrected chi connectivity index (χ1v) is 3.03. The summed E-state index contributed by atoms with van der Waals surface area (Å²) in [6.45, 7) is 6.17. The lowest BCUT2D eigenvalue weighted by Crippen LogP contribution is -2.04. The Morgan fingerprint density at radius 3 is 1.00 bits per heavy atom. The molecule has 0 atom stereocenters. The van der Waals surface area contributed by atoms with E-state index in [2.05, 4.69) is 24.6 Å². The van der Waals surface area contributed by atoms with Crippen molar-refractivity contribution in [3.05, 3.63) is 25.3 Å². The van der Waals surface area contributed by atoms with Crippen LogP contribution in [0.25, 0.3) is 0 Å². The number of hydrogen-bond donors (Lipinski definition) is 4. The molecule has 14 heavy (non-hydrogen) atoms. The van der Waals surface area contributed by atoms with E-state index in [1.165, 1.54) is 0 Å². The molecule has 0 unspecified atom stereocenters. The second kappa shape index (κ2) is 13.3. The van der Waals surface area contributed by atoms with Crippen LogP contribution in [-0.2, 0) is 9.59 Å². The second-order valence-corrected chi connectivity index (χ2v) is 1.50. The number of carbonyl (C=O) groups is 3. The molecule has 0 spiro atoms. The van der Waals surface area contributed by atoms with E-state index in [-0.39, 0.29) is 0 Å². The van der Waals surface area contributed by atoms with E-state index in [0.717, 1.165) is 12.2 Å². The summed E-state index contributed by atoms with van der Waals surface area (Å²) in [6.07, 6.45) is 0.278. The number of amides is 2. The monoisotopic (exact) mass is 204 g/mol. The molecule has 0 aliphatic carbocycles. The van der Waals surface area contributed by atoms with E-state index >= 15 is 0 Å². The number of hydrogen-bond acceptors (Lipinski definition) is 3. The van der Waals surface area contributed by atoms with E-state index in [4.69, 9.17) is 15.0 Å². The van der Waals surface area contributed by atoms with Gasteiger partial charge in [0, 0.05) is 0 Å². The van der Waals surface area contributed by atoms with Gasteiger partial charge in [0.2, 0.25) is 11.8 Å². The third-order valence-corrected chi connectivity index (χ3v) is 0.402. The van der Waals surface area contributed by atoms with Gasteiger partial charge < -0.3 is 21.7 Å². The summed E-state index contributed by atoms with van der Waals surface area (Å²) in [6, 6.07) is 0. The highest BCUT2D eigenvalue weighted by Crippen LogP contribution is 1.49. The maximum absolute atomic E-state index is 9.47. The van der Waals surface area contributed by atoms with Crippen LogP contribution < -0.4 is 11.5 Å². The van der Waals surface area contributed by atoms with Gasteiger partial charge in [-0.1, -0.05) is 13.2 Å². The van der Waals surface area contributed by atoms with Gasteiger partial charge in [-0.3, -0.25) is 9.59 Å². The van der Waals surface area contributed by atoms with Gasteiger partial charge in [0.25, 0.3) is 0 Å². The predicted octanol–water partition coefficient (Wildman–Crippen LogP) is -0.462. The van der Waals surface area contributed by atoms with Crippen molar-refractivity contribution in [2.75, 3.05) is 0 Å². The van der Waals surface area contributed by atoms with Crippen LogP contribution in [-0.4, -0.2) is 28.2 Å². The van der Waals surface area contributed by atoms with Gasteiger partial charge in [0.1, 0.15) is 0 Å². The Kier molecular flexibility index (Phi) is 16.8. The maximum Gasteiger partial charge on any atom is 0.503 e. The van der Waals surface area contributed by atoms with Crippen LogP contribution in [0.4, 0.5) is 4.79 Å². The molecule has 0 aromatic heterocycles. The first kappa shape index (κ1) is 17.7. The zero-order valence-corrected chi connectivity index (χ0v) is 7.34. The van der Waals surface area contributed by atoms with Crippen LogP contribution in [0.1, 0.15) is 0 Å². The molecule has 2 amide bonds. The smallest absolute Gasteiger partial charge is 0.450 e. The Hall–Kier alpha value is -2.31. The van der Waals surface area contributed by atoms with Gasteiger partial charge >= 0.3 is 6.16 Å². The highest BCUT2D eigenvalue weighted by atomic mass is 16.6. The van der Waals surface area contributed by atoms with Gasteiger partial charge in [-0.2, -0.15) is 0 Å². The van der Waals surface area contributed by atoms with Crippen LogP contribution in [0.2, 0.25) is 0 Å². The Morgan fingerprint density at radius 2 is 1.00 bits per heavy atom. The molecule has 0 aliphatic rings. The van der Waals surface area contributed by atoms with E-state index < -0.39 is 18.0 Å². The van der Waals surface area contributed by atoms with Gasteiger partial charge in [0.05, 0.1) is 0 Å². The molecule has 80 valence electrons. The number of rotatable bonds is 2. The van der Waals surface area contributed by atoms with Crippen molar-refractivity contribution in [3.63, 3.8) is 0 Å². The van der Waals surface area contributed by atoms with E-state index in [1.807, 2.05) is 0 Å². The van der Waals surface area contributed by atoms with Crippen molar-refractivity contribution in [1.29, 1.82) is 0 Å². The molecule has 0 aliphatic heterocycles. The maximum atomic E-state index is 9.47. The first-order valence-electron chi connectivity index (χ1n) is 3.03. The Morgan fingerprint density at radius 1 is 0.929 bits per heavy atom. The fourth-order valence-electron chi connectivity index (χ4n) is 0. The van der Waals surface area contributed by atoms with Crippen molar-refractivity contribution >= 4 is 18.0 Å². The number of carboxylic acid groups (broad SMARTS) is 2. The largest absolute Gasteiger partial charge is 0.503 e. The van der Waals surface area contributed by atoms with Gasteiger partial charge in [-0.25, -0.2) is 4.79 Å². The number of nitrogens with two attached hydrogens (primary N) is 2. The van der Waals surface area contributed by atoms with Crippen LogP contribution in [0.15, 0.2) is 25.3 Å². The second-order valence-electron chi connectivity index (χ2n) is 1.50. The quantitative estimate of drug-likeness (QED) is 0.450. The molecule has 0 aromatic carbocycles. The summed E-state index contributed by atoms with van der Waals surface area (Å²) in [7, 11) is 0. The average molecular weight is 204 g/mol. The lowest BCUT2D eigenvalue weighted by Gasteiger charge is -1.65. The molecule has 7 heteroatoms.